The predicted molar refractivity (Wildman–Crippen MR) is 161 cm³/mol. The SMILES string of the molecule is COc1ccc(S(=O)(=O)Nc2cccc3c2O[C@@H](CN(C)Cc2ccc(C(=O)O)cc2)[C@@H](C)CN([C@H](C)CO)C3=O)cc1. The zero-order valence-electron chi connectivity index (χ0n) is 24.6. The number of amides is 1. The summed E-state index contributed by atoms with van der Waals surface area (Å²) in [7, 11) is -0.662. The number of benzene rings is 3. The Labute approximate surface area is 251 Å². The molecule has 3 aromatic carbocycles. The van der Waals surface area contributed by atoms with Crippen LogP contribution in [0.5, 0.6) is 11.5 Å². The van der Waals surface area contributed by atoms with Crippen molar-refractivity contribution in [3.63, 3.8) is 0 Å². The van der Waals surface area contributed by atoms with Crippen molar-refractivity contribution in [3.05, 3.63) is 83.4 Å². The summed E-state index contributed by atoms with van der Waals surface area (Å²) in [6.45, 7) is 4.69. The topological polar surface area (TPSA) is 146 Å². The number of nitrogens with one attached hydrogen (secondary N) is 1. The molecule has 12 heteroatoms. The second kappa shape index (κ2) is 13.4. The Morgan fingerprint density at radius 2 is 1.81 bits per heavy atom. The van der Waals surface area contributed by atoms with E-state index in [1.54, 1.807) is 66.4 Å². The molecule has 0 aromatic heterocycles. The van der Waals surface area contributed by atoms with Gasteiger partial charge in [0.05, 0.1) is 41.5 Å². The van der Waals surface area contributed by atoms with Crippen LogP contribution in [0.25, 0.3) is 0 Å². The number of aliphatic hydroxyl groups excluding tert-OH is 1. The summed E-state index contributed by atoms with van der Waals surface area (Å²) in [6, 6.07) is 16.8. The summed E-state index contributed by atoms with van der Waals surface area (Å²) in [5, 5.41) is 19.1. The van der Waals surface area contributed by atoms with E-state index in [0.717, 1.165) is 5.56 Å². The number of sulfonamides is 1. The molecule has 0 unspecified atom stereocenters. The summed E-state index contributed by atoms with van der Waals surface area (Å²) < 4.78 is 40.9. The maximum atomic E-state index is 13.7. The molecule has 1 heterocycles. The molecule has 3 atom stereocenters. The van der Waals surface area contributed by atoms with E-state index in [0.29, 0.717) is 25.4 Å². The van der Waals surface area contributed by atoms with Crippen LogP contribution in [0.15, 0.2) is 71.6 Å². The molecule has 3 aromatic rings. The first-order chi connectivity index (χ1) is 20.4. The van der Waals surface area contributed by atoms with Crippen LogP contribution in [-0.2, 0) is 16.6 Å². The number of nitrogens with zero attached hydrogens (tertiary/aromatic N) is 2. The maximum Gasteiger partial charge on any atom is 0.335 e. The number of hydrogen-bond acceptors (Lipinski definition) is 8. The Morgan fingerprint density at radius 3 is 2.42 bits per heavy atom. The number of aliphatic hydroxyl groups is 1. The van der Waals surface area contributed by atoms with Crippen molar-refractivity contribution in [1.82, 2.24) is 9.80 Å². The highest BCUT2D eigenvalue weighted by molar-refractivity contribution is 7.92. The lowest BCUT2D eigenvalue weighted by Gasteiger charge is -2.38. The molecule has 1 aliphatic rings. The van der Waals surface area contributed by atoms with Gasteiger partial charge in [-0.1, -0.05) is 25.1 Å². The standard InChI is InChI=1S/C31H37N3O8S/c1-20-16-34(21(2)19-35)30(36)26-6-5-7-27(32-43(39,40)25-14-12-24(41-4)13-15-25)29(26)42-28(20)18-33(3)17-22-8-10-23(11-9-22)31(37)38/h5-15,20-21,28,32,35H,16-19H2,1-4H3,(H,37,38)/t20-,21+,28-/m0/s1. The van der Waals surface area contributed by atoms with Crippen molar-refractivity contribution < 1.29 is 37.7 Å². The largest absolute Gasteiger partial charge is 0.497 e. The van der Waals surface area contributed by atoms with Crippen molar-refractivity contribution in [2.45, 2.75) is 37.4 Å². The summed E-state index contributed by atoms with van der Waals surface area (Å²) in [5.74, 6) is -0.955. The minimum atomic E-state index is -4.05. The monoisotopic (exact) mass is 611 g/mol. The van der Waals surface area contributed by atoms with Crippen LogP contribution >= 0.6 is 0 Å². The fourth-order valence-corrected chi connectivity index (χ4v) is 6.00. The number of likely N-dealkylation sites (N-methyl/N-ethyl adjacent to an activating group) is 1. The number of ether oxygens (including phenoxy) is 2. The van der Waals surface area contributed by atoms with Gasteiger partial charge in [0.15, 0.2) is 5.75 Å². The third kappa shape index (κ3) is 7.45. The van der Waals surface area contributed by atoms with E-state index in [-0.39, 0.29) is 45.9 Å². The van der Waals surface area contributed by atoms with E-state index in [4.69, 9.17) is 9.47 Å². The molecule has 0 saturated heterocycles. The average Bonchev–Trinajstić information content (AvgIpc) is 2.99. The molecule has 0 fully saturated rings. The second-order valence-corrected chi connectivity index (χ2v) is 12.5. The van der Waals surface area contributed by atoms with Crippen LogP contribution in [0.1, 0.15) is 40.1 Å². The number of anilines is 1. The molecule has 11 nitrogen and oxygen atoms in total. The average molecular weight is 612 g/mol. The number of aromatic carboxylic acids is 1. The lowest BCUT2D eigenvalue weighted by Crippen LogP contribution is -2.49. The van der Waals surface area contributed by atoms with Gasteiger partial charge < -0.3 is 24.6 Å². The summed E-state index contributed by atoms with van der Waals surface area (Å²) >= 11 is 0. The Bertz CT molecular complexity index is 1540. The molecule has 4 rings (SSSR count). The first-order valence-corrected chi connectivity index (χ1v) is 15.3. The Morgan fingerprint density at radius 1 is 1.14 bits per heavy atom. The minimum Gasteiger partial charge on any atom is -0.497 e. The molecule has 1 aliphatic heterocycles. The molecule has 1 amide bonds. The number of hydrogen-bond donors (Lipinski definition) is 3. The number of methoxy groups -OCH3 is 1. The van der Waals surface area contributed by atoms with Crippen LogP contribution in [0.4, 0.5) is 5.69 Å². The van der Waals surface area contributed by atoms with Crippen molar-refractivity contribution in [2.75, 3.05) is 38.6 Å². The molecule has 230 valence electrons. The molecule has 0 spiro atoms. The lowest BCUT2D eigenvalue weighted by atomic mass is 9.99. The predicted octanol–water partition coefficient (Wildman–Crippen LogP) is 3.55. The second-order valence-electron chi connectivity index (χ2n) is 10.8. The highest BCUT2D eigenvalue weighted by atomic mass is 32.2. The number of carbonyl (C=O) groups is 2. The lowest BCUT2D eigenvalue weighted by molar-refractivity contribution is 0.0343. The maximum absolute atomic E-state index is 13.7. The van der Waals surface area contributed by atoms with E-state index in [2.05, 4.69) is 4.72 Å². The Balaban J connectivity index is 1.67. The summed E-state index contributed by atoms with van der Waals surface area (Å²) in [5.41, 5.74) is 1.40. The van der Waals surface area contributed by atoms with Gasteiger partial charge in [0.25, 0.3) is 15.9 Å². The van der Waals surface area contributed by atoms with E-state index in [9.17, 15) is 28.2 Å². The number of carboxylic acid groups (broad SMARTS) is 1. The number of para-hydroxylation sites is 1. The molecule has 0 radical (unpaired) electrons. The van der Waals surface area contributed by atoms with Crippen molar-refractivity contribution in [1.29, 1.82) is 0 Å². The van der Waals surface area contributed by atoms with Gasteiger partial charge in [-0.3, -0.25) is 14.4 Å². The van der Waals surface area contributed by atoms with E-state index < -0.39 is 28.1 Å². The zero-order valence-corrected chi connectivity index (χ0v) is 25.4. The van der Waals surface area contributed by atoms with Crippen LogP contribution < -0.4 is 14.2 Å². The number of rotatable bonds is 11. The molecule has 0 aliphatic carbocycles. The van der Waals surface area contributed by atoms with E-state index in [1.165, 1.54) is 19.2 Å². The third-order valence-electron chi connectivity index (χ3n) is 7.45. The van der Waals surface area contributed by atoms with Crippen LogP contribution in [0.3, 0.4) is 0 Å². The van der Waals surface area contributed by atoms with Crippen LogP contribution in [0, 0.1) is 5.92 Å². The normalized spacial score (nSPS) is 17.8. The molecule has 43 heavy (non-hydrogen) atoms. The number of carboxylic acids is 1. The molecule has 0 saturated carbocycles. The molecular weight excluding hydrogens is 574 g/mol. The fraction of sp³-hybridized carbons (Fsp3) is 0.355. The molecular formula is C31H37N3O8S. The first kappa shape index (κ1) is 31.8. The van der Waals surface area contributed by atoms with Gasteiger partial charge in [-0.05, 0) is 68.1 Å². The van der Waals surface area contributed by atoms with Gasteiger partial charge in [0, 0.05) is 25.6 Å². The van der Waals surface area contributed by atoms with Crippen molar-refractivity contribution in [2.24, 2.45) is 5.92 Å². The quantitative estimate of drug-likeness (QED) is 0.296. The zero-order chi connectivity index (χ0) is 31.3. The van der Waals surface area contributed by atoms with Crippen molar-refractivity contribution >= 4 is 27.6 Å². The smallest absolute Gasteiger partial charge is 0.335 e. The highest BCUT2D eigenvalue weighted by Gasteiger charge is 2.35. The Kier molecular flexibility index (Phi) is 9.95. The minimum absolute atomic E-state index is 0.0113. The number of carbonyl (C=O) groups excluding carboxylic acids is 1. The van der Waals surface area contributed by atoms with Crippen molar-refractivity contribution in [3.8, 4) is 11.5 Å². The highest BCUT2D eigenvalue weighted by Crippen LogP contribution is 2.36. The van der Waals surface area contributed by atoms with Crippen LogP contribution in [-0.4, -0.2) is 86.3 Å². The van der Waals surface area contributed by atoms with Crippen LogP contribution in [0.2, 0.25) is 0 Å². The van der Waals surface area contributed by atoms with Gasteiger partial charge in [-0.2, -0.15) is 0 Å². The van der Waals surface area contributed by atoms with Gasteiger partial charge in [0.1, 0.15) is 11.9 Å². The van der Waals surface area contributed by atoms with Gasteiger partial charge in [0.2, 0.25) is 0 Å². The van der Waals surface area contributed by atoms with Gasteiger partial charge in [-0.25, -0.2) is 13.2 Å². The van der Waals surface area contributed by atoms with E-state index in [1.807, 2.05) is 18.9 Å². The summed E-state index contributed by atoms with van der Waals surface area (Å²) in [4.78, 5) is 28.6. The molecule has 0 bridgehead atoms. The summed E-state index contributed by atoms with van der Waals surface area (Å²) in [6.07, 6.45) is -0.477. The third-order valence-corrected chi connectivity index (χ3v) is 8.83. The Hall–Kier alpha value is -4.13. The molecule has 3 N–H and O–H groups in total. The van der Waals surface area contributed by atoms with Gasteiger partial charge >= 0.3 is 5.97 Å². The fourth-order valence-electron chi connectivity index (χ4n) is 4.94. The van der Waals surface area contributed by atoms with E-state index >= 15 is 0 Å². The van der Waals surface area contributed by atoms with Gasteiger partial charge in [-0.15, -0.1) is 0 Å². The first-order valence-electron chi connectivity index (χ1n) is 13.8. The number of fused-ring (bicyclic) bond motifs is 1.